The first-order valence-electron chi connectivity index (χ1n) is 7.35. The zero-order chi connectivity index (χ0) is 16.4. The van der Waals surface area contributed by atoms with E-state index in [4.69, 9.17) is 5.11 Å². The molecule has 0 aliphatic heterocycles. The van der Waals surface area contributed by atoms with Crippen LogP contribution in [0.1, 0.15) is 12.1 Å². The number of hydrogen-bond acceptors (Lipinski definition) is 3. The molecule has 1 saturated carbocycles. The second-order valence-electron chi connectivity index (χ2n) is 5.56. The minimum absolute atomic E-state index is 0.213. The second-order valence-corrected chi connectivity index (χ2v) is 5.56. The number of aromatic nitrogens is 2. The summed E-state index contributed by atoms with van der Waals surface area (Å²) in [5.41, 5.74) is 1.55. The molecule has 0 saturated heterocycles. The fraction of sp³-hybridized carbons (Fsp3) is 0.312. The van der Waals surface area contributed by atoms with E-state index in [-0.39, 0.29) is 11.7 Å². The van der Waals surface area contributed by atoms with Gasteiger partial charge >= 0.3 is 5.97 Å². The lowest BCUT2D eigenvalue weighted by Crippen LogP contribution is -2.28. The van der Waals surface area contributed by atoms with Crippen LogP contribution >= 0.6 is 0 Å². The summed E-state index contributed by atoms with van der Waals surface area (Å²) in [6.45, 7) is 0.405. The number of hydrogen-bond donors (Lipinski definition) is 2. The summed E-state index contributed by atoms with van der Waals surface area (Å²) in [7, 11) is 0. The Kier molecular flexibility index (Phi) is 4.10. The number of benzene rings is 1. The molecule has 0 unspecified atom stereocenters. The third-order valence-electron chi connectivity index (χ3n) is 3.86. The molecule has 0 spiro atoms. The molecular formula is C16H16FN3O3. The van der Waals surface area contributed by atoms with Gasteiger partial charge in [-0.25, -0.2) is 9.07 Å². The number of carbonyl (C=O) groups excluding carboxylic acids is 1. The number of rotatable bonds is 6. The maximum Gasteiger partial charge on any atom is 0.307 e. The van der Waals surface area contributed by atoms with E-state index in [1.165, 1.54) is 12.1 Å². The van der Waals surface area contributed by atoms with Crippen molar-refractivity contribution in [1.82, 2.24) is 15.1 Å². The highest BCUT2D eigenvalue weighted by atomic mass is 19.1. The molecule has 6 nitrogen and oxygen atoms in total. The molecule has 3 rings (SSSR count). The minimum Gasteiger partial charge on any atom is -0.481 e. The van der Waals surface area contributed by atoms with E-state index < -0.39 is 17.8 Å². The third kappa shape index (κ3) is 3.56. The van der Waals surface area contributed by atoms with Crippen molar-refractivity contribution in [2.45, 2.75) is 12.8 Å². The molecular weight excluding hydrogens is 301 g/mol. The summed E-state index contributed by atoms with van der Waals surface area (Å²) in [5.74, 6) is -2.36. The molecule has 1 aliphatic carbocycles. The summed E-state index contributed by atoms with van der Waals surface area (Å²) >= 11 is 0. The first kappa shape index (κ1) is 15.2. The number of carboxylic acids is 1. The Hall–Kier alpha value is -2.70. The molecule has 7 heteroatoms. The zero-order valence-electron chi connectivity index (χ0n) is 12.3. The van der Waals surface area contributed by atoms with Crippen LogP contribution in [-0.2, 0) is 16.0 Å². The maximum absolute atomic E-state index is 12.9. The normalized spacial score (nSPS) is 19.3. The van der Waals surface area contributed by atoms with Crippen LogP contribution in [0, 0.1) is 17.7 Å². The predicted molar refractivity (Wildman–Crippen MR) is 79.5 cm³/mol. The molecule has 1 aromatic heterocycles. The van der Waals surface area contributed by atoms with Crippen LogP contribution < -0.4 is 5.32 Å². The average molecular weight is 317 g/mol. The van der Waals surface area contributed by atoms with Crippen LogP contribution in [0.3, 0.4) is 0 Å². The summed E-state index contributed by atoms with van der Waals surface area (Å²) in [4.78, 5) is 22.4. The topological polar surface area (TPSA) is 84.2 Å². The molecule has 0 radical (unpaired) electrons. The SMILES string of the molecule is O=C(O)[C@H]1C[C@@H]1C(=O)NCCc1ccn(-c2ccc(F)cc2)n1. The fourth-order valence-corrected chi connectivity index (χ4v) is 2.44. The minimum atomic E-state index is -0.914. The van der Waals surface area contributed by atoms with Crippen LogP contribution in [-0.4, -0.2) is 33.3 Å². The van der Waals surface area contributed by atoms with Crippen LogP contribution in [0.15, 0.2) is 36.5 Å². The number of aliphatic carboxylic acids is 1. The van der Waals surface area contributed by atoms with E-state index in [9.17, 15) is 14.0 Å². The Morgan fingerprint density at radius 3 is 2.65 bits per heavy atom. The molecule has 1 heterocycles. The van der Waals surface area contributed by atoms with E-state index in [1.54, 1.807) is 23.0 Å². The van der Waals surface area contributed by atoms with E-state index >= 15 is 0 Å². The van der Waals surface area contributed by atoms with Gasteiger partial charge in [-0.15, -0.1) is 0 Å². The van der Waals surface area contributed by atoms with E-state index in [0.29, 0.717) is 19.4 Å². The van der Waals surface area contributed by atoms with Gasteiger partial charge in [0.2, 0.25) is 5.91 Å². The summed E-state index contributed by atoms with van der Waals surface area (Å²) < 4.78 is 14.5. The Balaban J connectivity index is 1.49. The molecule has 23 heavy (non-hydrogen) atoms. The van der Waals surface area contributed by atoms with Gasteiger partial charge in [0.25, 0.3) is 0 Å². The molecule has 1 aliphatic rings. The Bertz CT molecular complexity index is 726. The quantitative estimate of drug-likeness (QED) is 0.843. The van der Waals surface area contributed by atoms with Crippen molar-refractivity contribution in [3.63, 3.8) is 0 Å². The number of halogens is 1. The van der Waals surface area contributed by atoms with Crippen LogP contribution in [0.4, 0.5) is 4.39 Å². The molecule has 120 valence electrons. The number of amides is 1. The highest BCUT2D eigenvalue weighted by Gasteiger charge is 2.48. The van der Waals surface area contributed by atoms with Crippen molar-refractivity contribution in [1.29, 1.82) is 0 Å². The first-order chi connectivity index (χ1) is 11.0. The smallest absolute Gasteiger partial charge is 0.307 e. The lowest BCUT2D eigenvalue weighted by Gasteiger charge is -2.03. The lowest BCUT2D eigenvalue weighted by atomic mass is 10.3. The van der Waals surface area contributed by atoms with Crippen LogP contribution in [0.25, 0.3) is 5.69 Å². The Labute approximate surface area is 131 Å². The monoisotopic (exact) mass is 317 g/mol. The van der Waals surface area contributed by atoms with Crippen molar-refractivity contribution in [2.75, 3.05) is 6.54 Å². The largest absolute Gasteiger partial charge is 0.481 e. The van der Waals surface area contributed by atoms with Gasteiger partial charge in [0.15, 0.2) is 0 Å². The van der Waals surface area contributed by atoms with Crippen molar-refractivity contribution in [3.05, 3.63) is 48.0 Å². The maximum atomic E-state index is 12.9. The van der Waals surface area contributed by atoms with Crippen molar-refractivity contribution >= 4 is 11.9 Å². The fourth-order valence-electron chi connectivity index (χ4n) is 2.44. The highest BCUT2D eigenvalue weighted by Crippen LogP contribution is 2.38. The van der Waals surface area contributed by atoms with Gasteiger partial charge < -0.3 is 10.4 Å². The summed E-state index contributed by atoms with van der Waals surface area (Å²) in [6.07, 6.45) is 2.73. The van der Waals surface area contributed by atoms with Gasteiger partial charge in [0, 0.05) is 19.2 Å². The third-order valence-corrected chi connectivity index (χ3v) is 3.86. The number of nitrogens with one attached hydrogen (secondary N) is 1. The summed E-state index contributed by atoms with van der Waals surface area (Å²) in [5, 5.41) is 15.9. The lowest BCUT2D eigenvalue weighted by molar-refractivity contribution is -0.140. The van der Waals surface area contributed by atoms with Crippen LogP contribution in [0.5, 0.6) is 0 Å². The van der Waals surface area contributed by atoms with E-state index in [0.717, 1.165) is 11.4 Å². The first-order valence-corrected chi connectivity index (χ1v) is 7.35. The second kappa shape index (κ2) is 6.20. The van der Waals surface area contributed by atoms with Gasteiger partial charge in [0.1, 0.15) is 5.82 Å². The van der Waals surface area contributed by atoms with Crippen molar-refractivity contribution < 1.29 is 19.1 Å². The number of nitrogens with zero attached hydrogens (tertiary/aromatic N) is 2. The standard InChI is InChI=1S/C16H16FN3O3/c17-10-1-3-12(4-2-10)20-8-6-11(19-20)5-7-18-15(21)13-9-14(13)16(22)23/h1-4,6,8,13-14H,5,7,9H2,(H,18,21)(H,22,23)/t13-,14-/m0/s1. The van der Waals surface area contributed by atoms with Gasteiger partial charge in [0.05, 0.1) is 23.2 Å². The van der Waals surface area contributed by atoms with Crippen molar-refractivity contribution in [3.8, 4) is 5.69 Å². The molecule has 2 atom stereocenters. The molecule has 1 aromatic carbocycles. The number of carbonyl (C=O) groups is 2. The van der Waals surface area contributed by atoms with Gasteiger partial charge in [-0.3, -0.25) is 9.59 Å². The predicted octanol–water partition coefficient (Wildman–Crippen LogP) is 1.39. The number of carboxylic acid groups (broad SMARTS) is 1. The van der Waals surface area contributed by atoms with Gasteiger partial charge in [-0.1, -0.05) is 0 Å². The molecule has 2 aromatic rings. The average Bonchev–Trinajstić information content (AvgIpc) is 3.21. The highest BCUT2D eigenvalue weighted by molar-refractivity contribution is 5.89. The van der Waals surface area contributed by atoms with Crippen LogP contribution in [0.2, 0.25) is 0 Å². The van der Waals surface area contributed by atoms with E-state index in [1.807, 2.05) is 6.07 Å². The van der Waals surface area contributed by atoms with Crippen molar-refractivity contribution in [2.24, 2.45) is 11.8 Å². The Morgan fingerprint density at radius 1 is 1.26 bits per heavy atom. The molecule has 0 bridgehead atoms. The zero-order valence-corrected chi connectivity index (χ0v) is 12.3. The van der Waals surface area contributed by atoms with Gasteiger partial charge in [-0.2, -0.15) is 5.10 Å². The summed E-state index contributed by atoms with van der Waals surface area (Å²) in [6, 6.07) is 7.82. The molecule has 2 N–H and O–H groups in total. The Morgan fingerprint density at radius 2 is 2.00 bits per heavy atom. The van der Waals surface area contributed by atoms with E-state index in [2.05, 4.69) is 10.4 Å². The molecule has 1 amide bonds. The molecule has 1 fully saturated rings. The van der Waals surface area contributed by atoms with Gasteiger partial charge in [-0.05, 0) is 36.8 Å².